The first-order chi connectivity index (χ1) is 18.0. The third kappa shape index (κ3) is 4.93. The van der Waals surface area contributed by atoms with Gasteiger partial charge in [0.25, 0.3) is 0 Å². The summed E-state index contributed by atoms with van der Waals surface area (Å²) in [5.41, 5.74) is 4.16. The molecule has 0 aromatic heterocycles. The molecule has 3 atom stereocenters. The van der Waals surface area contributed by atoms with Gasteiger partial charge in [-0.2, -0.15) is 4.31 Å². The predicted molar refractivity (Wildman–Crippen MR) is 147 cm³/mol. The van der Waals surface area contributed by atoms with Gasteiger partial charge < -0.3 is 9.47 Å². The summed E-state index contributed by atoms with van der Waals surface area (Å²) in [7, 11) is -0.143. The van der Waals surface area contributed by atoms with Crippen LogP contribution in [-0.2, 0) is 14.8 Å². The lowest BCUT2D eigenvalue weighted by Gasteiger charge is -2.57. The largest absolute Gasteiger partial charge is 0.496 e. The van der Waals surface area contributed by atoms with Crippen molar-refractivity contribution in [2.45, 2.75) is 42.7 Å². The van der Waals surface area contributed by atoms with Crippen LogP contribution in [0.1, 0.15) is 29.9 Å². The molecule has 7 heteroatoms. The Hall–Kier alpha value is -2.71. The number of methoxy groups -OCH3 is 2. The Bertz CT molecular complexity index is 1330. The molecule has 6 nitrogen and oxygen atoms in total. The van der Waals surface area contributed by atoms with E-state index in [1.807, 2.05) is 37.3 Å². The van der Waals surface area contributed by atoms with Crippen LogP contribution in [0.25, 0.3) is 11.1 Å². The van der Waals surface area contributed by atoms with E-state index < -0.39 is 10.0 Å². The standard InChI is InChI=1S/C30H36N2O4S/c1-22-10-4-7-13-29(22)37(33,34)31-18-8-9-19-32-26(20-31)30(27(32)21-35-2)24-16-14-23(15-17-24)25-11-5-6-12-28(25)36-3/h4-7,10-17,26-27,30H,8-9,18-21H2,1-3H3/t26-,27+,30-/m0/s1. The highest BCUT2D eigenvalue weighted by Gasteiger charge is 2.50. The highest BCUT2D eigenvalue weighted by molar-refractivity contribution is 7.89. The predicted octanol–water partition coefficient (Wildman–Crippen LogP) is 4.94. The SMILES string of the molecule is COC[C@@H]1[C@@H](c2ccc(-c3ccccc3OC)cc2)[C@@H]2CN(S(=O)(=O)c3ccccc3C)CCCCN12. The smallest absolute Gasteiger partial charge is 0.243 e. The maximum absolute atomic E-state index is 13.7. The van der Waals surface area contributed by atoms with E-state index in [9.17, 15) is 8.42 Å². The zero-order valence-electron chi connectivity index (χ0n) is 21.8. The first kappa shape index (κ1) is 25.9. The quantitative estimate of drug-likeness (QED) is 0.442. The molecule has 0 spiro atoms. The Morgan fingerprint density at radius 1 is 0.892 bits per heavy atom. The van der Waals surface area contributed by atoms with Crippen molar-refractivity contribution in [1.82, 2.24) is 9.21 Å². The second-order valence-corrected chi connectivity index (χ2v) is 11.9. The summed E-state index contributed by atoms with van der Waals surface area (Å²) in [5.74, 6) is 1.04. The maximum Gasteiger partial charge on any atom is 0.243 e. The lowest BCUT2D eigenvalue weighted by molar-refractivity contribution is -0.0635. The van der Waals surface area contributed by atoms with Crippen LogP contribution in [0.2, 0.25) is 0 Å². The fraction of sp³-hybridized carbons (Fsp3) is 0.400. The van der Waals surface area contributed by atoms with Gasteiger partial charge in [0.2, 0.25) is 10.0 Å². The average molecular weight is 521 g/mol. The molecule has 3 aromatic carbocycles. The van der Waals surface area contributed by atoms with Gasteiger partial charge in [-0.25, -0.2) is 8.42 Å². The van der Waals surface area contributed by atoms with Crippen molar-refractivity contribution in [3.8, 4) is 16.9 Å². The molecule has 0 N–H and O–H groups in total. The molecule has 0 radical (unpaired) electrons. The second-order valence-electron chi connectivity index (χ2n) is 10.0. The minimum atomic E-state index is -3.58. The third-order valence-corrected chi connectivity index (χ3v) is 9.93. The van der Waals surface area contributed by atoms with Gasteiger partial charge in [0.1, 0.15) is 5.75 Å². The van der Waals surface area contributed by atoms with E-state index in [1.165, 1.54) is 5.56 Å². The van der Waals surface area contributed by atoms with Crippen molar-refractivity contribution in [2.24, 2.45) is 0 Å². The molecule has 2 aliphatic heterocycles. The number of benzene rings is 3. The van der Waals surface area contributed by atoms with Crippen LogP contribution in [0.3, 0.4) is 0 Å². The van der Waals surface area contributed by atoms with Crippen molar-refractivity contribution in [2.75, 3.05) is 40.5 Å². The van der Waals surface area contributed by atoms with Gasteiger partial charge in [0, 0.05) is 43.8 Å². The lowest BCUT2D eigenvalue weighted by atomic mass is 9.74. The monoisotopic (exact) mass is 520 g/mol. The number of rotatable bonds is 7. The minimum Gasteiger partial charge on any atom is -0.496 e. The fourth-order valence-corrected chi connectivity index (χ4v) is 7.75. The van der Waals surface area contributed by atoms with Crippen LogP contribution in [0.4, 0.5) is 0 Å². The van der Waals surface area contributed by atoms with Gasteiger partial charge in [-0.15, -0.1) is 0 Å². The summed E-state index contributed by atoms with van der Waals surface area (Å²) in [6, 6.07) is 24.3. The Kier molecular flexibility index (Phi) is 7.67. The normalized spacial score (nSPS) is 22.9. The van der Waals surface area contributed by atoms with Gasteiger partial charge in [-0.3, -0.25) is 4.90 Å². The van der Waals surface area contributed by atoms with Crippen molar-refractivity contribution in [1.29, 1.82) is 0 Å². The second kappa shape index (κ2) is 11.0. The summed E-state index contributed by atoms with van der Waals surface area (Å²) in [6.45, 7) is 4.49. The number of ether oxygens (including phenoxy) is 2. The zero-order valence-corrected chi connectivity index (χ0v) is 22.7. The van der Waals surface area contributed by atoms with E-state index in [2.05, 4.69) is 35.2 Å². The van der Waals surface area contributed by atoms with Crippen LogP contribution in [0.15, 0.2) is 77.7 Å². The summed E-state index contributed by atoms with van der Waals surface area (Å²) < 4.78 is 40.4. The topological polar surface area (TPSA) is 59.1 Å². The van der Waals surface area contributed by atoms with Crippen molar-refractivity contribution >= 4 is 10.0 Å². The number of nitrogens with zero attached hydrogens (tertiary/aromatic N) is 2. The molecule has 0 amide bonds. The third-order valence-electron chi connectivity index (χ3n) is 7.91. The Labute approximate surface area is 220 Å². The number of hydrogen-bond donors (Lipinski definition) is 0. The Balaban J connectivity index is 1.45. The number of sulfonamides is 1. The summed E-state index contributed by atoms with van der Waals surface area (Å²) in [6.07, 6.45) is 1.82. The summed E-state index contributed by atoms with van der Waals surface area (Å²) >= 11 is 0. The summed E-state index contributed by atoms with van der Waals surface area (Å²) in [5, 5.41) is 0. The molecule has 0 aliphatic carbocycles. The molecule has 2 aliphatic rings. The minimum absolute atomic E-state index is 0.108. The molecule has 196 valence electrons. The maximum atomic E-state index is 13.7. The number of para-hydroxylation sites is 1. The van der Waals surface area contributed by atoms with E-state index in [4.69, 9.17) is 9.47 Å². The van der Waals surface area contributed by atoms with Crippen LogP contribution in [0, 0.1) is 6.92 Å². The fourth-order valence-electron chi connectivity index (χ4n) is 6.03. The van der Waals surface area contributed by atoms with Crippen molar-refractivity contribution in [3.05, 3.63) is 83.9 Å². The molecular formula is C30H36N2O4S. The van der Waals surface area contributed by atoms with Crippen LogP contribution < -0.4 is 4.74 Å². The van der Waals surface area contributed by atoms with E-state index in [0.29, 0.717) is 24.6 Å². The lowest BCUT2D eigenvalue weighted by Crippen LogP contribution is -2.68. The number of hydrogen-bond acceptors (Lipinski definition) is 5. The first-order valence-electron chi connectivity index (χ1n) is 13.0. The highest BCUT2D eigenvalue weighted by Crippen LogP contribution is 2.43. The van der Waals surface area contributed by atoms with E-state index >= 15 is 0 Å². The van der Waals surface area contributed by atoms with Gasteiger partial charge >= 0.3 is 0 Å². The molecule has 3 aromatic rings. The molecule has 0 bridgehead atoms. The molecule has 5 rings (SSSR count). The highest BCUT2D eigenvalue weighted by atomic mass is 32.2. The molecule has 2 heterocycles. The van der Waals surface area contributed by atoms with Gasteiger partial charge in [-0.1, -0.05) is 60.7 Å². The van der Waals surface area contributed by atoms with E-state index in [1.54, 1.807) is 30.7 Å². The summed E-state index contributed by atoms with van der Waals surface area (Å²) in [4.78, 5) is 2.87. The molecule has 37 heavy (non-hydrogen) atoms. The first-order valence-corrected chi connectivity index (χ1v) is 14.4. The molecule has 0 unspecified atom stereocenters. The molecule has 0 saturated carbocycles. The average Bonchev–Trinajstić information content (AvgIpc) is 2.90. The van der Waals surface area contributed by atoms with Crippen LogP contribution >= 0.6 is 0 Å². The van der Waals surface area contributed by atoms with E-state index in [-0.39, 0.29) is 18.0 Å². The van der Waals surface area contributed by atoms with E-state index in [0.717, 1.165) is 41.8 Å². The molecule has 2 saturated heterocycles. The zero-order chi connectivity index (χ0) is 26.0. The van der Waals surface area contributed by atoms with Gasteiger partial charge in [-0.05, 0) is 55.1 Å². The van der Waals surface area contributed by atoms with Gasteiger partial charge in [0.05, 0.1) is 18.6 Å². The van der Waals surface area contributed by atoms with Crippen molar-refractivity contribution in [3.63, 3.8) is 0 Å². The molecule has 2 fully saturated rings. The van der Waals surface area contributed by atoms with Crippen LogP contribution in [0.5, 0.6) is 5.75 Å². The number of fused-ring (bicyclic) bond motifs is 1. The van der Waals surface area contributed by atoms with Gasteiger partial charge in [0.15, 0.2) is 0 Å². The van der Waals surface area contributed by atoms with Crippen molar-refractivity contribution < 1.29 is 17.9 Å². The number of aryl methyl sites for hydroxylation is 1. The Morgan fingerprint density at radius 2 is 1.59 bits per heavy atom. The Morgan fingerprint density at radius 3 is 2.32 bits per heavy atom. The van der Waals surface area contributed by atoms with Crippen LogP contribution in [-0.4, -0.2) is 70.2 Å². The molecular weight excluding hydrogens is 484 g/mol.